The van der Waals surface area contributed by atoms with Gasteiger partial charge in [-0.3, -0.25) is 24.0 Å². The second kappa shape index (κ2) is 22.5. The zero-order valence-corrected chi connectivity index (χ0v) is 26.3. The van der Waals surface area contributed by atoms with Gasteiger partial charge in [0.15, 0.2) is 0 Å². The van der Waals surface area contributed by atoms with Crippen LogP contribution in [-0.4, -0.2) is 98.6 Å². The second-order valence-electron chi connectivity index (χ2n) is 10.1. The number of carbonyl (C=O) groups excluding carboxylic acids is 8. The van der Waals surface area contributed by atoms with Crippen LogP contribution in [0.15, 0.2) is 0 Å². The van der Waals surface area contributed by atoms with Crippen LogP contribution in [0.2, 0.25) is 0 Å². The van der Waals surface area contributed by atoms with Crippen LogP contribution in [-0.2, 0) is 57.3 Å². The van der Waals surface area contributed by atoms with E-state index < -0.39 is 72.6 Å². The van der Waals surface area contributed by atoms with E-state index >= 15 is 0 Å². The van der Waals surface area contributed by atoms with Crippen LogP contribution in [0.1, 0.15) is 79.6 Å². The number of esters is 4. The molecule has 250 valence electrons. The average molecular weight is 631 g/mol. The van der Waals surface area contributed by atoms with Gasteiger partial charge in [-0.2, -0.15) is 0 Å². The summed E-state index contributed by atoms with van der Waals surface area (Å²) < 4.78 is 19.7. The second-order valence-corrected chi connectivity index (χ2v) is 10.1. The molecule has 3 amide bonds. The predicted molar refractivity (Wildman–Crippen MR) is 153 cm³/mol. The number of hydrogen-bond donors (Lipinski definition) is 4. The Kier molecular flexibility index (Phi) is 20.4. The van der Waals surface area contributed by atoms with Crippen molar-refractivity contribution in [2.45, 2.75) is 104 Å². The number of hydrogen-bond acceptors (Lipinski definition) is 13. The lowest BCUT2D eigenvalue weighted by Crippen LogP contribution is -2.40. The molecule has 0 saturated heterocycles. The molecule has 0 aromatic rings. The molecule has 0 aromatic carbocycles. The smallest absolute Gasteiger partial charge is 0.331 e. The summed E-state index contributed by atoms with van der Waals surface area (Å²) in [6.07, 6.45) is 1.31. The van der Waals surface area contributed by atoms with Gasteiger partial charge in [0, 0.05) is 12.8 Å². The van der Waals surface area contributed by atoms with Gasteiger partial charge in [0.1, 0.15) is 30.0 Å². The average Bonchev–Trinajstić information content (AvgIpc) is 2.95. The van der Waals surface area contributed by atoms with Gasteiger partial charge in [-0.15, -0.1) is 0 Å². The molecule has 0 aromatic heterocycles. The largest absolute Gasteiger partial charge is 0.464 e. The van der Waals surface area contributed by atoms with Crippen molar-refractivity contribution < 1.29 is 57.3 Å². The van der Waals surface area contributed by atoms with Crippen molar-refractivity contribution in [3.05, 3.63) is 0 Å². The Morgan fingerprint density at radius 3 is 1.27 bits per heavy atom. The van der Waals surface area contributed by atoms with Crippen molar-refractivity contribution >= 4 is 47.4 Å². The Morgan fingerprint density at radius 1 is 0.523 bits per heavy atom. The van der Waals surface area contributed by atoms with E-state index in [2.05, 4.69) is 21.3 Å². The first-order valence-corrected chi connectivity index (χ1v) is 14.4. The van der Waals surface area contributed by atoms with Gasteiger partial charge in [0.2, 0.25) is 24.5 Å². The quantitative estimate of drug-likeness (QED) is 0.0392. The molecule has 0 rings (SSSR count). The molecule has 0 heterocycles. The molecule has 44 heavy (non-hydrogen) atoms. The minimum Gasteiger partial charge on any atom is -0.464 e. The molecule has 16 nitrogen and oxygen atoms in total. The summed E-state index contributed by atoms with van der Waals surface area (Å²) in [5.74, 6) is -4.36. The summed E-state index contributed by atoms with van der Waals surface area (Å²) in [7, 11) is 1.57. The Labute approximate surface area is 257 Å². The maximum absolute atomic E-state index is 12.1. The molecule has 4 atom stereocenters. The maximum Gasteiger partial charge on any atom is 0.331 e. The van der Waals surface area contributed by atoms with E-state index in [1.54, 1.807) is 14.0 Å². The zero-order chi connectivity index (χ0) is 33.7. The highest BCUT2D eigenvalue weighted by Crippen LogP contribution is 2.03. The molecular formula is C28H46N4O12. The topological polar surface area (TPSA) is 222 Å². The molecule has 16 heteroatoms. The molecule has 0 saturated carbocycles. The third-order valence-corrected chi connectivity index (χ3v) is 5.88. The van der Waals surface area contributed by atoms with E-state index in [0.29, 0.717) is 25.7 Å². The zero-order valence-electron chi connectivity index (χ0n) is 26.3. The van der Waals surface area contributed by atoms with Crippen molar-refractivity contribution in [2.24, 2.45) is 0 Å². The molecule has 0 fully saturated rings. The molecule has 4 N–H and O–H groups in total. The third-order valence-electron chi connectivity index (χ3n) is 5.88. The maximum atomic E-state index is 12.1. The number of unbranched alkanes of at least 4 members (excludes halogenated alkanes) is 2. The van der Waals surface area contributed by atoms with Gasteiger partial charge in [-0.05, 0) is 67.3 Å². The van der Waals surface area contributed by atoms with Crippen molar-refractivity contribution in [3.8, 4) is 0 Å². The SMILES string of the molecule is CNC(C)C(=O)OCOC(=O)C(C)NC(=O)CCCCC(=O)NC(C)C(=O)OCCCCOC(=O)C(C)NC(=O)CC(C)=O. The van der Waals surface area contributed by atoms with Gasteiger partial charge in [0.05, 0.1) is 19.6 Å². The Balaban J connectivity index is 4.02. The van der Waals surface area contributed by atoms with E-state index in [1.807, 2.05) is 0 Å². The number of likely N-dealkylation sites (N-methyl/N-ethyl adjacent to an activating group) is 1. The highest BCUT2D eigenvalue weighted by atomic mass is 16.7. The summed E-state index contributed by atoms with van der Waals surface area (Å²) in [6.45, 7) is 6.69. The summed E-state index contributed by atoms with van der Waals surface area (Å²) in [4.78, 5) is 94.0. The highest BCUT2D eigenvalue weighted by Gasteiger charge is 2.20. The van der Waals surface area contributed by atoms with Crippen molar-refractivity contribution in [2.75, 3.05) is 27.1 Å². The van der Waals surface area contributed by atoms with Crippen molar-refractivity contribution in [1.82, 2.24) is 21.3 Å². The van der Waals surface area contributed by atoms with E-state index in [4.69, 9.17) is 18.9 Å². The minimum absolute atomic E-state index is 0.0449. The van der Waals surface area contributed by atoms with Gasteiger partial charge in [0.25, 0.3) is 0 Å². The Hall–Kier alpha value is -4.08. The predicted octanol–water partition coefficient (Wildman–Crippen LogP) is -0.442. The number of amides is 3. The number of ether oxygens (including phenoxy) is 4. The molecule has 0 aliphatic rings. The fraction of sp³-hybridized carbons (Fsp3) is 0.714. The van der Waals surface area contributed by atoms with E-state index in [1.165, 1.54) is 27.7 Å². The van der Waals surface area contributed by atoms with Crippen molar-refractivity contribution in [3.63, 3.8) is 0 Å². The van der Waals surface area contributed by atoms with Crippen LogP contribution in [0.5, 0.6) is 0 Å². The van der Waals surface area contributed by atoms with Crippen LogP contribution in [0.3, 0.4) is 0 Å². The summed E-state index contributed by atoms with van der Waals surface area (Å²) in [5.41, 5.74) is 0. The van der Waals surface area contributed by atoms with Gasteiger partial charge >= 0.3 is 23.9 Å². The Morgan fingerprint density at radius 2 is 0.886 bits per heavy atom. The normalized spacial score (nSPS) is 13.2. The molecule has 0 aliphatic carbocycles. The van der Waals surface area contributed by atoms with E-state index in [0.717, 1.165) is 0 Å². The molecule has 0 radical (unpaired) electrons. The van der Waals surface area contributed by atoms with Crippen LogP contribution in [0.4, 0.5) is 0 Å². The van der Waals surface area contributed by atoms with Gasteiger partial charge in [-0.25, -0.2) is 14.4 Å². The van der Waals surface area contributed by atoms with Crippen LogP contribution in [0, 0.1) is 0 Å². The number of Topliss-reactive ketones (excluding diaryl/α,β-unsaturated/α-hetero) is 1. The standard InChI is InChI=1S/C28H46N4O12/c1-17(33)15-24(36)32-20(4)27(39)42-14-10-9-13-41-26(38)19(3)30-22(34)11-7-8-12-23(35)31-21(5)28(40)44-16-43-25(37)18(2)29-6/h18-21,29H,7-16H2,1-6H3,(H,30,34)(H,31,35)(H,32,36). The molecule has 4 unspecified atom stereocenters. The molecule has 0 aliphatic heterocycles. The van der Waals surface area contributed by atoms with E-state index in [-0.39, 0.29) is 38.3 Å². The lowest BCUT2D eigenvalue weighted by Gasteiger charge is -2.15. The number of rotatable bonds is 22. The van der Waals surface area contributed by atoms with Crippen LogP contribution < -0.4 is 21.3 Å². The van der Waals surface area contributed by atoms with Crippen LogP contribution >= 0.6 is 0 Å². The van der Waals surface area contributed by atoms with E-state index in [9.17, 15) is 38.4 Å². The summed E-state index contributed by atoms with van der Waals surface area (Å²) >= 11 is 0. The first kappa shape index (κ1) is 39.9. The number of ketones is 1. The van der Waals surface area contributed by atoms with Gasteiger partial charge in [-0.1, -0.05) is 0 Å². The van der Waals surface area contributed by atoms with Crippen LogP contribution in [0.25, 0.3) is 0 Å². The minimum atomic E-state index is -0.963. The van der Waals surface area contributed by atoms with Gasteiger partial charge < -0.3 is 40.2 Å². The monoisotopic (exact) mass is 630 g/mol. The molecule has 0 bridgehead atoms. The molecular weight excluding hydrogens is 584 g/mol. The summed E-state index contributed by atoms with van der Waals surface area (Å²) in [5, 5.41) is 10.0. The first-order chi connectivity index (χ1) is 20.7. The van der Waals surface area contributed by atoms with Crippen molar-refractivity contribution in [1.29, 1.82) is 0 Å². The molecule has 0 spiro atoms. The number of nitrogens with one attached hydrogen (secondary N) is 4. The number of carbonyl (C=O) groups is 8. The third kappa shape index (κ3) is 19.2. The summed E-state index contributed by atoms with van der Waals surface area (Å²) in [6, 6.07) is -3.32. The highest BCUT2D eigenvalue weighted by molar-refractivity contribution is 5.98. The lowest BCUT2D eigenvalue weighted by atomic mass is 10.1. The Bertz CT molecular complexity index is 1000. The lowest BCUT2D eigenvalue weighted by molar-refractivity contribution is -0.170. The fourth-order valence-corrected chi connectivity index (χ4v) is 3.21. The fourth-order valence-electron chi connectivity index (χ4n) is 3.21. The first-order valence-electron chi connectivity index (χ1n) is 14.4.